The van der Waals surface area contributed by atoms with E-state index in [9.17, 15) is 9.59 Å². The Morgan fingerprint density at radius 3 is 2.33 bits per heavy atom. The highest BCUT2D eigenvalue weighted by molar-refractivity contribution is 5.98. The molecule has 0 aliphatic rings. The summed E-state index contributed by atoms with van der Waals surface area (Å²) in [5.74, 6) is -3.11. The molecule has 1 N–H and O–H groups in total. The molecule has 1 rings (SSSR count). The average molecular weight is 174 g/mol. The van der Waals surface area contributed by atoms with Gasteiger partial charge in [0.2, 0.25) is 0 Å². The molecule has 1 heterocycles. The number of carbonyl (C=O) groups is 2. The van der Waals surface area contributed by atoms with Gasteiger partial charge in [-0.15, -0.1) is 0 Å². The highest BCUT2D eigenvalue weighted by atomic mass is 17.0. The van der Waals surface area contributed by atoms with Crippen LogP contribution in [0, 0.1) is 0 Å². The zero-order chi connectivity index (χ0) is 9.14. The van der Waals surface area contributed by atoms with E-state index in [0.29, 0.717) is 0 Å². The minimum Gasteiger partial charge on any atom is -0.475 e. The number of carbonyl (C=O) groups excluding carboxylic acids is 1. The van der Waals surface area contributed by atoms with Crippen molar-refractivity contribution < 1.29 is 28.6 Å². The fourth-order valence-corrected chi connectivity index (χ4v) is 0.581. The van der Waals surface area contributed by atoms with Gasteiger partial charge >= 0.3 is 23.5 Å². The Labute approximate surface area is 66.6 Å². The van der Waals surface area contributed by atoms with Crippen molar-refractivity contribution in [1.29, 1.82) is 0 Å². The lowest BCUT2D eigenvalue weighted by molar-refractivity contribution is -0.0401. The van der Waals surface area contributed by atoms with Crippen LogP contribution in [0.3, 0.4) is 0 Å². The van der Waals surface area contributed by atoms with E-state index in [1.807, 2.05) is 0 Å². The lowest BCUT2D eigenvalue weighted by Crippen LogP contribution is -2.14. The monoisotopic (exact) mass is 174 g/mol. The molecule has 0 amide bonds. The fourth-order valence-electron chi connectivity index (χ4n) is 0.581. The fraction of sp³-hybridized carbons (Fsp3) is 0.333. The van der Waals surface area contributed by atoms with E-state index >= 15 is 0 Å². The summed E-state index contributed by atoms with van der Waals surface area (Å²) >= 11 is 0. The zero-order valence-electron chi connectivity index (χ0n) is 6.20. The third-order valence-corrected chi connectivity index (χ3v) is 1.07. The molecule has 6 heteroatoms. The molecule has 0 fully saturated rings. The van der Waals surface area contributed by atoms with Gasteiger partial charge in [0.05, 0.1) is 6.61 Å². The van der Waals surface area contributed by atoms with E-state index in [2.05, 4.69) is 13.9 Å². The Kier molecular flexibility index (Phi) is 2.18. The maximum Gasteiger partial charge on any atom is 0.383 e. The van der Waals surface area contributed by atoms with Crippen LogP contribution in [0.2, 0.25) is 0 Å². The number of carboxylic acid groups (broad SMARTS) is 1. The zero-order valence-corrected chi connectivity index (χ0v) is 6.20. The minimum absolute atomic E-state index is 0.151. The van der Waals surface area contributed by atoms with E-state index in [1.54, 1.807) is 6.92 Å². The molecule has 0 aliphatic heterocycles. The number of ether oxygens (including phenoxy) is 1. The van der Waals surface area contributed by atoms with E-state index in [-0.39, 0.29) is 6.61 Å². The van der Waals surface area contributed by atoms with Crippen molar-refractivity contribution in [3.05, 3.63) is 11.5 Å². The summed E-state index contributed by atoms with van der Waals surface area (Å²) in [6, 6.07) is 0. The number of carboxylic acids is 1. The Morgan fingerprint density at radius 1 is 1.42 bits per heavy atom. The van der Waals surface area contributed by atoms with E-state index in [0.717, 1.165) is 0 Å². The van der Waals surface area contributed by atoms with E-state index in [4.69, 9.17) is 5.11 Å². The van der Waals surface area contributed by atoms with Crippen LogP contribution >= 0.6 is 0 Å². The van der Waals surface area contributed by atoms with Crippen molar-refractivity contribution in [2.75, 3.05) is 6.61 Å². The van der Waals surface area contributed by atoms with Gasteiger partial charge in [-0.2, -0.15) is 0 Å². The van der Waals surface area contributed by atoms with Crippen molar-refractivity contribution in [2.45, 2.75) is 6.92 Å². The predicted molar refractivity (Wildman–Crippen MR) is 33.9 cm³/mol. The van der Waals surface area contributed by atoms with Gasteiger partial charge in [0, 0.05) is 0 Å². The largest absolute Gasteiger partial charge is 0.475 e. The first-order chi connectivity index (χ1) is 5.66. The van der Waals surface area contributed by atoms with E-state index < -0.39 is 23.5 Å². The Morgan fingerprint density at radius 2 is 2.00 bits per heavy atom. The molecule has 0 unspecified atom stereocenters. The second-order valence-electron chi connectivity index (χ2n) is 1.85. The van der Waals surface area contributed by atoms with Crippen molar-refractivity contribution >= 4 is 11.9 Å². The number of esters is 1. The Hall–Kier alpha value is -1.72. The molecule has 0 aliphatic carbocycles. The third kappa shape index (κ3) is 1.31. The summed E-state index contributed by atoms with van der Waals surface area (Å²) in [5.41, 5.74) is 0. The standard InChI is InChI=1S/C6H6O6/c1-2-10-6(9)4-3(5(7)8)11-12-4/h2H2,1H3,(H,7,8). The van der Waals surface area contributed by atoms with Gasteiger partial charge in [-0.05, 0) is 6.92 Å². The lowest BCUT2D eigenvalue weighted by Gasteiger charge is -2.02. The SMILES string of the molecule is CCOC(=O)c1ooc1C(=O)O. The summed E-state index contributed by atoms with van der Waals surface area (Å²) in [7, 11) is 0. The van der Waals surface area contributed by atoms with Crippen molar-refractivity contribution in [3.63, 3.8) is 0 Å². The maximum atomic E-state index is 10.8. The smallest absolute Gasteiger partial charge is 0.383 e. The molecule has 1 aromatic rings. The molecule has 0 saturated carbocycles. The molecule has 0 atom stereocenters. The van der Waals surface area contributed by atoms with Gasteiger partial charge < -0.3 is 9.84 Å². The molecule has 0 bridgehead atoms. The summed E-state index contributed by atoms with van der Waals surface area (Å²) in [6.07, 6.45) is 0. The van der Waals surface area contributed by atoms with Crippen LogP contribution in [0.1, 0.15) is 28.0 Å². The van der Waals surface area contributed by atoms with Crippen LogP contribution in [-0.4, -0.2) is 23.7 Å². The van der Waals surface area contributed by atoms with E-state index in [1.165, 1.54) is 0 Å². The maximum absolute atomic E-state index is 10.8. The number of hydrogen-bond acceptors (Lipinski definition) is 5. The molecule has 0 spiro atoms. The van der Waals surface area contributed by atoms with Gasteiger partial charge in [0.15, 0.2) is 0 Å². The Balaban J connectivity index is 2.72. The topological polar surface area (TPSA) is 89.9 Å². The molecular weight excluding hydrogens is 168 g/mol. The van der Waals surface area contributed by atoms with Crippen LogP contribution < -0.4 is 0 Å². The second-order valence-corrected chi connectivity index (χ2v) is 1.85. The predicted octanol–water partition coefficient (Wildman–Crippen LogP) is 0.748. The normalized spacial score (nSPS) is 9.75. The van der Waals surface area contributed by atoms with Crippen molar-refractivity contribution in [1.82, 2.24) is 0 Å². The highest BCUT2D eigenvalue weighted by Crippen LogP contribution is 2.14. The summed E-state index contributed by atoms with van der Waals surface area (Å²) in [4.78, 5) is 21.0. The first kappa shape index (κ1) is 8.38. The number of hydrogen-bond donors (Lipinski definition) is 1. The highest BCUT2D eigenvalue weighted by Gasteiger charge is 2.29. The second kappa shape index (κ2) is 3.12. The van der Waals surface area contributed by atoms with Crippen LogP contribution in [0.15, 0.2) is 9.15 Å². The van der Waals surface area contributed by atoms with Crippen LogP contribution in [0.5, 0.6) is 0 Å². The molecule has 0 aromatic carbocycles. The third-order valence-electron chi connectivity index (χ3n) is 1.07. The summed E-state index contributed by atoms with van der Waals surface area (Å²) in [5, 5.41) is 8.35. The molecule has 0 saturated heterocycles. The lowest BCUT2D eigenvalue weighted by atomic mass is 10.3. The molecular formula is C6H6O6. The Bertz CT molecular complexity index is 293. The molecule has 0 radical (unpaired) electrons. The molecule has 1 aromatic heterocycles. The van der Waals surface area contributed by atoms with Crippen molar-refractivity contribution in [2.24, 2.45) is 0 Å². The first-order valence-electron chi connectivity index (χ1n) is 3.16. The molecule has 12 heavy (non-hydrogen) atoms. The summed E-state index contributed by atoms with van der Waals surface area (Å²) in [6.45, 7) is 1.75. The van der Waals surface area contributed by atoms with Crippen LogP contribution in [0.4, 0.5) is 0 Å². The summed E-state index contributed by atoms with van der Waals surface area (Å²) < 4.78 is 12.7. The van der Waals surface area contributed by atoms with Gasteiger partial charge in [0.1, 0.15) is 0 Å². The first-order valence-corrected chi connectivity index (χ1v) is 3.16. The van der Waals surface area contributed by atoms with Gasteiger partial charge in [0.25, 0.3) is 0 Å². The minimum atomic E-state index is -1.36. The molecule has 6 nitrogen and oxygen atoms in total. The van der Waals surface area contributed by atoms with Gasteiger partial charge in [-0.1, -0.05) is 0 Å². The number of aromatic carboxylic acids is 1. The number of rotatable bonds is 3. The van der Waals surface area contributed by atoms with Gasteiger partial charge in [-0.3, -0.25) is 9.15 Å². The van der Waals surface area contributed by atoms with Gasteiger partial charge in [-0.25, -0.2) is 9.59 Å². The van der Waals surface area contributed by atoms with Crippen LogP contribution in [0.25, 0.3) is 0 Å². The van der Waals surface area contributed by atoms with Crippen molar-refractivity contribution in [3.8, 4) is 0 Å². The molecule has 66 valence electrons. The van der Waals surface area contributed by atoms with Crippen LogP contribution in [-0.2, 0) is 4.74 Å². The quantitative estimate of drug-likeness (QED) is 0.537. The average Bonchev–Trinajstić information content (AvgIpc) is 1.82.